The van der Waals surface area contributed by atoms with Gasteiger partial charge in [-0.1, -0.05) is 12.1 Å². The van der Waals surface area contributed by atoms with Crippen LogP contribution in [0.1, 0.15) is 5.69 Å². The van der Waals surface area contributed by atoms with Crippen LogP contribution in [0.2, 0.25) is 0 Å². The Morgan fingerprint density at radius 2 is 2.07 bits per heavy atom. The van der Waals surface area contributed by atoms with Gasteiger partial charge >= 0.3 is 0 Å². The normalized spacial score (nSPS) is 10.4. The van der Waals surface area contributed by atoms with Gasteiger partial charge in [0.1, 0.15) is 0 Å². The van der Waals surface area contributed by atoms with E-state index in [2.05, 4.69) is 9.97 Å². The van der Waals surface area contributed by atoms with Gasteiger partial charge in [-0.2, -0.15) is 0 Å². The molecule has 0 radical (unpaired) electrons. The second-order valence-electron chi connectivity index (χ2n) is 3.22. The van der Waals surface area contributed by atoms with Crippen molar-refractivity contribution in [3.63, 3.8) is 0 Å². The molecule has 0 aliphatic heterocycles. The topological polar surface area (TPSA) is 80.7 Å². The van der Waals surface area contributed by atoms with E-state index in [4.69, 9.17) is 11.5 Å². The number of aromatic nitrogens is 2. The van der Waals surface area contributed by atoms with Crippen molar-refractivity contribution in [1.29, 1.82) is 0 Å². The van der Waals surface area contributed by atoms with Crippen molar-refractivity contribution < 1.29 is 0 Å². The first-order chi connectivity index (χ1) is 6.66. The lowest BCUT2D eigenvalue weighted by atomic mass is 10.1. The van der Waals surface area contributed by atoms with Gasteiger partial charge in [0.25, 0.3) is 0 Å². The third kappa shape index (κ3) is 1.42. The summed E-state index contributed by atoms with van der Waals surface area (Å²) in [5.41, 5.74) is 14.8. The monoisotopic (exact) mass is 188 g/mol. The van der Waals surface area contributed by atoms with Crippen LogP contribution in [0, 0.1) is 6.92 Å². The Hall–Kier alpha value is -1.97. The fourth-order valence-corrected chi connectivity index (χ4v) is 1.45. The molecule has 0 atom stereocenters. The molecular weight excluding hydrogens is 176 g/mol. The number of benzene rings is 1. The molecule has 0 spiro atoms. The van der Waals surface area contributed by atoms with Gasteiger partial charge in [0.05, 0.1) is 5.69 Å². The highest BCUT2D eigenvalue weighted by Crippen LogP contribution is 2.23. The van der Waals surface area contributed by atoms with Crippen LogP contribution in [-0.2, 0) is 0 Å². The van der Waals surface area contributed by atoms with Gasteiger partial charge in [0.15, 0.2) is 5.95 Å². The van der Waals surface area contributed by atoms with Crippen LogP contribution in [0.4, 0.5) is 11.6 Å². The second kappa shape index (κ2) is 3.06. The van der Waals surface area contributed by atoms with Crippen molar-refractivity contribution in [2.24, 2.45) is 0 Å². The van der Waals surface area contributed by atoms with Crippen LogP contribution in [0.3, 0.4) is 0 Å². The first kappa shape index (κ1) is 8.62. The van der Waals surface area contributed by atoms with Gasteiger partial charge in [0.2, 0.25) is 0 Å². The summed E-state index contributed by atoms with van der Waals surface area (Å²) in [6.07, 6.45) is 0. The van der Waals surface area contributed by atoms with Crippen LogP contribution in [-0.4, -0.2) is 9.97 Å². The van der Waals surface area contributed by atoms with Crippen molar-refractivity contribution in [2.45, 2.75) is 6.92 Å². The number of H-pyrrole nitrogens is 1. The van der Waals surface area contributed by atoms with Crippen molar-refractivity contribution >= 4 is 11.6 Å². The molecule has 2 rings (SSSR count). The minimum atomic E-state index is 0.430. The third-order valence-electron chi connectivity index (χ3n) is 2.06. The number of hydrogen-bond acceptors (Lipinski definition) is 3. The summed E-state index contributed by atoms with van der Waals surface area (Å²) in [6.45, 7) is 1.93. The molecule has 72 valence electrons. The van der Waals surface area contributed by atoms with Crippen LogP contribution in [0.15, 0.2) is 24.3 Å². The van der Waals surface area contributed by atoms with Crippen LogP contribution in [0.5, 0.6) is 0 Å². The Bertz CT molecular complexity index is 459. The number of anilines is 2. The Balaban J connectivity index is 2.54. The minimum Gasteiger partial charge on any atom is -0.399 e. The average Bonchev–Trinajstić information content (AvgIpc) is 2.45. The van der Waals surface area contributed by atoms with E-state index in [1.165, 1.54) is 0 Å². The smallest absolute Gasteiger partial charge is 0.198 e. The Morgan fingerprint density at radius 3 is 2.64 bits per heavy atom. The average molecular weight is 188 g/mol. The van der Waals surface area contributed by atoms with Gasteiger partial charge in [-0.15, -0.1) is 0 Å². The minimum absolute atomic E-state index is 0.430. The molecular formula is C10H12N4. The maximum atomic E-state index is 5.68. The molecule has 0 aliphatic carbocycles. The number of aromatic amines is 1. The molecule has 1 heterocycles. The number of nitrogen functional groups attached to an aromatic ring is 2. The van der Waals surface area contributed by atoms with Crippen molar-refractivity contribution in [1.82, 2.24) is 9.97 Å². The Labute approximate surface area is 82.0 Å². The fourth-order valence-electron chi connectivity index (χ4n) is 1.45. The van der Waals surface area contributed by atoms with E-state index in [1.807, 2.05) is 31.2 Å². The predicted octanol–water partition coefficient (Wildman–Crippen LogP) is 1.55. The van der Waals surface area contributed by atoms with E-state index < -0.39 is 0 Å². The van der Waals surface area contributed by atoms with Gasteiger partial charge in [-0.05, 0) is 19.1 Å². The maximum Gasteiger partial charge on any atom is 0.198 e. The Morgan fingerprint density at radius 1 is 1.29 bits per heavy atom. The van der Waals surface area contributed by atoms with Crippen LogP contribution < -0.4 is 11.5 Å². The zero-order valence-corrected chi connectivity index (χ0v) is 7.91. The summed E-state index contributed by atoms with van der Waals surface area (Å²) >= 11 is 0. The molecule has 4 nitrogen and oxygen atoms in total. The number of nitrogens with zero attached hydrogens (tertiary/aromatic N) is 1. The molecule has 5 N–H and O–H groups in total. The summed E-state index contributed by atoms with van der Waals surface area (Å²) in [7, 11) is 0. The third-order valence-corrected chi connectivity index (χ3v) is 2.06. The predicted molar refractivity (Wildman–Crippen MR) is 57.6 cm³/mol. The molecule has 14 heavy (non-hydrogen) atoms. The maximum absolute atomic E-state index is 5.68. The highest BCUT2D eigenvalue weighted by Gasteiger charge is 2.06. The molecule has 0 amide bonds. The standard InChI is InChI=1S/C10H12N4/c1-6-9(14-10(12)13-6)7-3-2-4-8(11)5-7/h2-5H,11H2,1H3,(H3,12,13,14). The largest absolute Gasteiger partial charge is 0.399 e. The molecule has 1 aromatic carbocycles. The lowest BCUT2D eigenvalue weighted by Gasteiger charge is -1.99. The zero-order valence-electron chi connectivity index (χ0n) is 7.91. The summed E-state index contributed by atoms with van der Waals surface area (Å²) in [4.78, 5) is 7.14. The zero-order chi connectivity index (χ0) is 10.1. The van der Waals surface area contributed by atoms with Crippen LogP contribution in [0.25, 0.3) is 11.3 Å². The van der Waals surface area contributed by atoms with E-state index in [0.29, 0.717) is 5.95 Å². The highest BCUT2D eigenvalue weighted by molar-refractivity contribution is 5.67. The first-order valence-corrected chi connectivity index (χ1v) is 4.35. The van der Waals surface area contributed by atoms with Crippen LogP contribution >= 0.6 is 0 Å². The second-order valence-corrected chi connectivity index (χ2v) is 3.22. The summed E-state index contributed by atoms with van der Waals surface area (Å²) in [5, 5.41) is 0. The molecule has 0 aliphatic rings. The van der Waals surface area contributed by atoms with E-state index in [0.717, 1.165) is 22.6 Å². The number of imidazole rings is 1. The molecule has 1 aromatic heterocycles. The van der Waals surface area contributed by atoms with E-state index in [-0.39, 0.29) is 0 Å². The first-order valence-electron chi connectivity index (χ1n) is 4.35. The lowest BCUT2D eigenvalue weighted by Crippen LogP contribution is -1.87. The van der Waals surface area contributed by atoms with Crippen molar-refractivity contribution in [3.05, 3.63) is 30.0 Å². The number of nitrogens with two attached hydrogens (primary N) is 2. The molecule has 0 bridgehead atoms. The molecule has 0 saturated heterocycles. The number of nitrogens with one attached hydrogen (secondary N) is 1. The number of hydrogen-bond donors (Lipinski definition) is 3. The fraction of sp³-hybridized carbons (Fsp3) is 0.100. The molecule has 0 saturated carbocycles. The summed E-state index contributed by atoms with van der Waals surface area (Å²) in [6, 6.07) is 7.57. The molecule has 0 unspecified atom stereocenters. The Kier molecular flexibility index (Phi) is 1.89. The van der Waals surface area contributed by atoms with Gasteiger partial charge in [-0.25, -0.2) is 4.98 Å². The molecule has 2 aromatic rings. The van der Waals surface area contributed by atoms with Gasteiger partial charge in [0, 0.05) is 16.9 Å². The molecule has 0 fully saturated rings. The van der Waals surface area contributed by atoms with E-state index in [9.17, 15) is 0 Å². The number of rotatable bonds is 1. The van der Waals surface area contributed by atoms with Crippen molar-refractivity contribution in [2.75, 3.05) is 11.5 Å². The SMILES string of the molecule is Cc1[nH]c(N)nc1-c1cccc(N)c1. The van der Waals surface area contributed by atoms with E-state index >= 15 is 0 Å². The number of aryl methyl sites for hydroxylation is 1. The summed E-state index contributed by atoms with van der Waals surface area (Å²) < 4.78 is 0. The summed E-state index contributed by atoms with van der Waals surface area (Å²) in [5.74, 6) is 0.430. The quantitative estimate of drug-likeness (QED) is 0.594. The van der Waals surface area contributed by atoms with Gasteiger partial charge < -0.3 is 16.5 Å². The molecule has 4 heteroatoms. The van der Waals surface area contributed by atoms with E-state index in [1.54, 1.807) is 0 Å². The van der Waals surface area contributed by atoms with Crippen molar-refractivity contribution in [3.8, 4) is 11.3 Å². The van der Waals surface area contributed by atoms with Gasteiger partial charge in [-0.3, -0.25) is 0 Å². The lowest BCUT2D eigenvalue weighted by molar-refractivity contribution is 1.26. The highest BCUT2D eigenvalue weighted by atomic mass is 15.0.